The molecule has 21 heavy (non-hydrogen) atoms. The number of hydrogen-bond donors (Lipinski definition) is 1. The van der Waals surface area contributed by atoms with Gasteiger partial charge in [-0.1, -0.05) is 30.3 Å². The zero-order valence-electron chi connectivity index (χ0n) is 11.7. The molecule has 2 aromatic rings. The molecule has 0 atom stereocenters. The van der Waals surface area contributed by atoms with Gasteiger partial charge in [0.2, 0.25) is 0 Å². The second kappa shape index (κ2) is 7.69. The lowest BCUT2D eigenvalue weighted by atomic mass is 10.2. The molecular weight excluding hydrogens is 268 g/mol. The molecule has 1 amide bonds. The van der Waals surface area contributed by atoms with Gasteiger partial charge >= 0.3 is 6.09 Å². The molecule has 2 rings (SSSR count). The van der Waals surface area contributed by atoms with Gasteiger partial charge in [-0.15, -0.1) is 0 Å². The van der Waals surface area contributed by atoms with Gasteiger partial charge in [0.1, 0.15) is 11.5 Å². The fourth-order valence-electron chi connectivity index (χ4n) is 1.61. The monoisotopic (exact) mass is 284 g/mol. The predicted octanol–water partition coefficient (Wildman–Crippen LogP) is 3.56. The van der Waals surface area contributed by atoms with Gasteiger partial charge in [-0.3, -0.25) is 0 Å². The first-order valence-corrected chi connectivity index (χ1v) is 6.56. The van der Waals surface area contributed by atoms with Gasteiger partial charge in [0, 0.05) is 0 Å². The molecule has 0 aromatic heterocycles. The molecule has 0 heterocycles. The summed E-state index contributed by atoms with van der Waals surface area (Å²) in [5.41, 5.74) is 3.07. The summed E-state index contributed by atoms with van der Waals surface area (Å²) in [6, 6.07) is 16.9. The second-order valence-corrected chi connectivity index (χ2v) is 4.08. The number of carbonyl (C=O) groups excluding carboxylic acids is 1. The van der Waals surface area contributed by atoms with Gasteiger partial charge < -0.3 is 9.47 Å². The van der Waals surface area contributed by atoms with E-state index in [1.54, 1.807) is 6.92 Å². The van der Waals surface area contributed by atoms with E-state index in [1.807, 2.05) is 54.6 Å². The van der Waals surface area contributed by atoms with E-state index in [9.17, 15) is 4.79 Å². The van der Waals surface area contributed by atoms with Crippen molar-refractivity contribution in [1.82, 2.24) is 5.43 Å². The Morgan fingerprint density at radius 3 is 2.67 bits per heavy atom. The minimum absolute atomic E-state index is 0.307. The van der Waals surface area contributed by atoms with Crippen LogP contribution < -0.4 is 10.2 Å². The second-order valence-electron chi connectivity index (χ2n) is 4.08. The maximum absolute atomic E-state index is 11.1. The molecule has 0 saturated heterocycles. The van der Waals surface area contributed by atoms with Gasteiger partial charge in [-0.25, -0.2) is 10.2 Å². The molecule has 0 unspecified atom stereocenters. The Bertz CT molecular complexity index is 612. The molecule has 2 aromatic carbocycles. The van der Waals surface area contributed by atoms with Crippen molar-refractivity contribution >= 4 is 12.3 Å². The highest BCUT2D eigenvalue weighted by Crippen LogP contribution is 2.21. The first-order valence-electron chi connectivity index (χ1n) is 6.56. The van der Waals surface area contributed by atoms with Crippen LogP contribution in [0.3, 0.4) is 0 Å². The van der Waals surface area contributed by atoms with E-state index in [-0.39, 0.29) is 0 Å². The highest BCUT2D eigenvalue weighted by molar-refractivity contribution is 5.81. The van der Waals surface area contributed by atoms with Gasteiger partial charge in [-0.05, 0) is 36.8 Å². The fourth-order valence-corrected chi connectivity index (χ4v) is 1.61. The van der Waals surface area contributed by atoms with Crippen molar-refractivity contribution in [3.05, 3.63) is 60.2 Å². The van der Waals surface area contributed by atoms with Crippen molar-refractivity contribution in [2.24, 2.45) is 5.10 Å². The minimum atomic E-state index is -0.578. The number of nitrogens with zero attached hydrogens (tertiary/aromatic N) is 1. The van der Waals surface area contributed by atoms with Gasteiger partial charge in [0.25, 0.3) is 0 Å². The van der Waals surface area contributed by atoms with Crippen LogP contribution in [0, 0.1) is 0 Å². The Morgan fingerprint density at radius 2 is 1.90 bits per heavy atom. The first kappa shape index (κ1) is 14.6. The zero-order valence-corrected chi connectivity index (χ0v) is 11.7. The largest absolute Gasteiger partial charge is 0.457 e. The summed E-state index contributed by atoms with van der Waals surface area (Å²) in [5, 5.41) is 3.80. The number of carbonyl (C=O) groups is 1. The number of hydrogen-bond acceptors (Lipinski definition) is 4. The third kappa shape index (κ3) is 4.99. The predicted molar refractivity (Wildman–Crippen MR) is 80.7 cm³/mol. The first-order chi connectivity index (χ1) is 10.3. The number of ether oxygens (including phenoxy) is 2. The van der Waals surface area contributed by atoms with Crippen LogP contribution in [0.15, 0.2) is 59.7 Å². The number of para-hydroxylation sites is 1. The van der Waals surface area contributed by atoms with Crippen molar-refractivity contribution in [1.29, 1.82) is 0 Å². The Kier molecular flexibility index (Phi) is 5.34. The fraction of sp³-hybridized carbons (Fsp3) is 0.125. The average molecular weight is 284 g/mol. The van der Waals surface area contributed by atoms with Crippen LogP contribution in [0.4, 0.5) is 4.79 Å². The van der Waals surface area contributed by atoms with Crippen molar-refractivity contribution in [3.63, 3.8) is 0 Å². The SMILES string of the molecule is CCOC(=O)N/N=C\c1cccc(Oc2ccccc2)c1. The highest BCUT2D eigenvalue weighted by atomic mass is 16.5. The molecule has 108 valence electrons. The molecule has 0 aliphatic carbocycles. The third-order valence-electron chi connectivity index (χ3n) is 2.48. The molecule has 0 aliphatic heterocycles. The van der Waals surface area contributed by atoms with Crippen LogP contribution in [0.25, 0.3) is 0 Å². The lowest BCUT2D eigenvalue weighted by Crippen LogP contribution is -2.18. The topological polar surface area (TPSA) is 59.9 Å². The van der Waals surface area contributed by atoms with E-state index in [0.29, 0.717) is 12.4 Å². The van der Waals surface area contributed by atoms with E-state index < -0.39 is 6.09 Å². The number of nitrogens with one attached hydrogen (secondary N) is 1. The quantitative estimate of drug-likeness (QED) is 0.674. The minimum Gasteiger partial charge on any atom is -0.457 e. The molecule has 0 spiro atoms. The average Bonchev–Trinajstić information content (AvgIpc) is 2.49. The standard InChI is InChI=1S/C16H16N2O3/c1-2-20-16(19)18-17-12-13-7-6-10-15(11-13)21-14-8-4-3-5-9-14/h3-12H,2H2,1H3,(H,18,19)/b17-12-. The van der Waals surface area contributed by atoms with Gasteiger partial charge in [0.15, 0.2) is 0 Å². The molecule has 0 saturated carbocycles. The Labute approximate surface area is 123 Å². The number of amides is 1. The van der Waals surface area contributed by atoms with Gasteiger partial charge in [0.05, 0.1) is 12.8 Å². The van der Waals surface area contributed by atoms with Crippen LogP contribution in [-0.4, -0.2) is 18.9 Å². The maximum Gasteiger partial charge on any atom is 0.427 e. The molecular formula is C16H16N2O3. The van der Waals surface area contributed by atoms with Crippen LogP contribution >= 0.6 is 0 Å². The number of hydrazone groups is 1. The van der Waals surface area contributed by atoms with Crippen molar-refractivity contribution in [2.75, 3.05) is 6.61 Å². The van der Waals surface area contributed by atoms with Crippen molar-refractivity contribution in [2.45, 2.75) is 6.92 Å². The summed E-state index contributed by atoms with van der Waals surface area (Å²) in [6.45, 7) is 2.04. The van der Waals surface area contributed by atoms with Crippen LogP contribution in [0.5, 0.6) is 11.5 Å². The van der Waals surface area contributed by atoms with E-state index in [0.717, 1.165) is 11.3 Å². The molecule has 5 heteroatoms. The summed E-state index contributed by atoms with van der Waals surface area (Å²) in [4.78, 5) is 11.1. The van der Waals surface area contributed by atoms with Crippen LogP contribution in [0.1, 0.15) is 12.5 Å². The molecule has 5 nitrogen and oxygen atoms in total. The van der Waals surface area contributed by atoms with Crippen LogP contribution in [0.2, 0.25) is 0 Å². The zero-order chi connectivity index (χ0) is 14.9. The van der Waals surface area contributed by atoms with Crippen molar-refractivity contribution < 1.29 is 14.3 Å². The van der Waals surface area contributed by atoms with E-state index in [4.69, 9.17) is 9.47 Å². The summed E-state index contributed by atoms with van der Waals surface area (Å²) < 4.78 is 10.4. The normalized spacial score (nSPS) is 10.3. The van der Waals surface area contributed by atoms with Gasteiger partial charge in [-0.2, -0.15) is 5.10 Å². The van der Waals surface area contributed by atoms with Crippen molar-refractivity contribution in [3.8, 4) is 11.5 Å². The Morgan fingerprint density at radius 1 is 1.14 bits per heavy atom. The highest BCUT2D eigenvalue weighted by Gasteiger charge is 1.98. The Hall–Kier alpha value is -2.82. The summed E-state index contributed by atoms with van der Waals surface area (Å²) in [7, 11) is 0. The maximum atomic E-state index is 11.1. The molecule has 1 N–H and O–H groups in total. The number of benzene rings is 2. The lowest BCUT2D eigenvalue weighted by molar-refractivity contribution is 0.152. The molecule has 0 aliphatic rings. The molecule has 0 bridgehead atoms. The van der Waals surface area contributed by atoms with E-state index in [2.05, 4.69) is 10.5 Å². The third-order valence-corrected chi connectivity index (χ3v) is 2.48. The molecule has 0 radical (unpaired) electrons. The lowest BCUT2D eigenvalue weighted by Gasteiger charge is -2.05. The van der Waals surface area contributed by atoms with Crippen LogP contribution in [-0.2, 0) is 4.74 Å². The van der Waals surface area contributed by atoms with E-state index >= 15 is 0 Å². The summed E-state index contributed by atoms with van der Waals surface area (Å²) in [6.07, 6.45) is 0.944. The molecule has 0 fully saturated rings. The smallest absolute Gasteiger partial charge is 0.427 e. The summed E-state index contributed by atoms with van der Waals surface area (Å²) in [5.74, 6) is 1.46. The van der Waals surface area contributed by atoms with E-state index in [1.165, 1.54) is 6.21 Å². The summed E-state index contributed by atoms with van der Waals surface area (Å²) >= 11 is 0. The Balaban J connectivity index is 1.98. The number of rotatable bonds is 5.